The van der Waals surface area contributed by atoms with E-state index in [1.54, 1.807) is 11.3 Å². The highest BCUT2D eigenvalue weighted by molar-refractivity contribution is 7.80. The third kappa shape index (κ3) is 3.51. The van der Waals surface area contributed by atoms with Crippen molar-refractivity contribution in [2.45, 2.75) is 13.5 Å². The van der Waals surface area contributed by atoms with Gasteiger partial charge in [0.05, 0.1) is 17.2 Å². The van der Waals surface area contributed by atoms with Crippen LogP contribution in [0.25, 0.3) is 0 Å². The minimum absolute atomic E-state index is 0.701. The summed E-state index contributed by atoms with van der Waals surface area (Å²) in [6, 6.07) is 9.93. The molecule has 18 heavy (non-hydrogen) atoms. The van der Waals surface area contributed by atoms with Crippen LogP contribution >= 0.6 is 23.6 Å². The van der Waals surface area contributed by atoms with E-state index in [1.807, 2.05) is 49.2 Å². The Morgan fingerprint density at radius 2 is 2.11 bits per heavy atom. The molecular formula is C13H15N3S2. The second-order valence-electron chi connectivity index (χ2n) is 4.01. The van der Waals surface area contributed by atoms with Crippen LogP contribution in [0.3, 0.4) is 0 Å². The van der Waals surface area contributed by atoms with Crippen LogP contribution < -0.4 is 5.32 Å². The van der Waals surface area contributed by atoms with E-state index in [9.17, 15) is 0 Å². The van der Waals surface area contributed by atoms with Gasteiger partial charge in [0.1, 0.15) is 0 Å². The Morgan fingerprint density at radius 3 is 2.72 bits per heavy atom. The molecule has 0 aliphatic heterocycles. The first-order chi connectivity index (χ1) is 8.65. The zero-order chi connectivity index (χ0) is 13.0. The van der Waals surface area contributed by atoms with Crippen molar-refractivity contribution in [2.24, 2.45) is 0 Å². The number of rotatable bonds is 3. The molecule has 2 rings (SSSR count). The average molecular weight is 277 g/mol. The molecule has 1 aromatic heterocycles. The molecule has 0 amide bonds. The maximum atomic E-state index is 5.36. The summed E-state index contributed by atoms with van der Waals surface area (Å²) in [5.74, 6) is 0. The highest BCUT2D eigenvalue weighted by Gasteiger charge is 2.07. The third-order valence-corrected chi connectivity index (χ3v) is 3.67. The minimum atomic E-state index is 0.701. The number of aromatic nitrogens is 1. The zero-order valence-corrected chi connectivity index (χ0v) is 12.0. The number of thiocarbonyl (C=S) groups is 1. The summed E-state index contributed by atoms with van der Waals surface area (Å²) < 4.78 is 0. The first kappa shape index (κ1) is 13.0. The van der Waals surface area contributed by atoms with Gasteiger partial charge in [-0.3, -0.25) is 0 Å². The van der Waals surface area contributed by atoms with Crippen molar-refractivity contribution in [3.63, 3.8) is 0 Å². The van der Waals surface area contributed by atoms with Gasteiger partial charge in [-0.15, -0.1) is 11.3 Å². The smallest absolute Gasteiger partial charge is 0.173 e. The van der Waals surface area contributed by atoms with Gasteiger partial charge in [-0.25, -0.2) is 4.98 Å². The van der Waals surface area contributed by atoms with Crippen LogP contribution in [-0.2, 0) is 6.54 Å². The van der Waals surface area contributed by atoms with Crippen LogP contribution in [0.1, 0.15) is 10.7 Å². The number of para-hydroxylation sites is 1. The Hall–Kier alpha value is -1.46. The van der Waals surface area contributed by atoms with Gasteiger partial charge in [0.25, 0.3) is 0 Å². The van der Waals surface area contributed by atoms with Gasteiger partial charge in [0.15, 0.2) is 5.11 Å². The summed E-state index contributed by atoms with van der Waals surface area (Å²) in [5, 5.41) is 7.05. The highest BCUT2D eigenvalue weighted by Crippen LogP contribution is 2.11. The number of anilines is 1. The van der Waals surface area contributed by atoms with Crippen molar-refractivity contribution in [1.29, 1.82) is 0 Å². The van der Waals surface area contributed by atoms with Gasteiger partial charge in [0, 0.05) is 18.1 Å². The number of nitrogens with one attached hydrogen (secondary N) is 1. The Bertz CT molecular complexity index is 522. The lowest BCUT2D eigenvalue weighted by atomic mass is 10.3. The van der Waals surface area contributed by atoms with Gasteiger partial charge in [0.2, 0.25) is 0 Å². The molecule has 0 bridgehead atoms. The van der Waals surface area contributed by atoms with Crippen molar-refractivity contribution in [3.8, 4) is 0 Å². The van der Waals surface area contributed by atoms with Crippen LogP contribution in [0, 0.1) is 6.92 Å². The number of hydrogen-bond donors (Lipinski definition) is 1. The fraction of sp³-hybridized carbons (Fsp3) is 0.231. The second kappa shape index (κ2) is 5.93. The normalized spacial score (nSPS) is 10.1. The first-order valence-electron chi connectivity index (χ1n) is 5.63. The van der Waals surface area contributed by atoms with E-state index in [0.29, 0.717) is 5.11 Å². The van der Waals surface area contributed by atoms with Gasteiger partial charge < -0.3 is 10.2 Å². The maximum absolute atomic E-state index is 5.36. The molecule has 2 aromatic rings. The van der Waals surface area contributed by atoms with E-state index in [2.05, 4.69) is 15.7 Å². The molecule has 0 spiro atoms. The Morgan fingerprint density at radius 1 is 1.39 bits per heavy atom. The lowest BCUT2D eigenvalue weighted by Crippen LogP contribution is -2.30. The van der Waals surface area contributed by atoms with E-state index in [1.165, 1.54) is 0 Å². The van der Waals surface area contributed by atoms with E-state index < -0.39 is 0 Å². The fourth-order valence-electron chi connectivity index (χ4n) is 1.54. The topological polar surface area (TPSA) is 28.2 Å². The Kier molecular flexibility index (Phi) is 4.28. The van der Waals surface area contributed by atoms with Crippen molar-refractivity contribution in [3.05, 3.63) is 46.4 Å². The van der Waals surface area contributed by atoms with Crippen molar-refractivity contribution < 1.29 is 0 Å². The number of aryl methyl sites for hydroxylation is 1. The molecule has 0 atom stereocenters. The van der Waals surface area contributed by atoms with E-state index in [-0.39, 0.29) is 0 Å². The van der Waals surface area contributed by atoms with E-state index in [0.717, 1.165) is 22.9 Å². The first-order valence-corrected chi connectivity index (χ1v) is 6.92. The standard InChI is InChI=1S/C13H15N3S2/c1-10-14-12(9-18-10)8-16(2)13(17)15-11-6-4-3-5-7-11/h3-7,9H,8H2,1-2H3,(H,15,17). The molecular weight excluding hydrogens is 262 g/mol. The van der Waals surface area contributed by atoms with Gasteiger partial charge in [-0.2, -0.15) is 0 Å². The second-order valence-corrected chi connectivity index (χ2v) is 5.46. The molecule has 0 saturated heterocycles. The lowest BCUT2D eigenvalue weighted by molar-refractivity contribution is 0.501. The number of thiazole rings is 1. The molecule has 5 heteroatoms. The summed E-state index contributed by atoms with van der Waals surface area (Å²) in [6.45, 7) is 2.73. The fourth-order valence-corrected chi connectivity index (χ4v) is 2.32. The number of benzene rings is 1. The van der Waals surface area contributed by atoms with Crippen LogP contribution in [-0.4, -0.2) is 22.0 Å². The molecule has 0 aliphatic carbocycles. The molecule has 1 heterocycles. The van der Waals surface area contributed by atoms with Gasteiger partial charge >= 0.3 is 0 Å². The molecule has 0 radical (unpaired) electrons. The Labute approximate surface area is 116 Å². The highest BCUT2D eigenvalue weighted by atomic mass is 32.1. The number of nitrogens with zero attached hydrogens (tertiary/aromatic N) is 2. The summed E-state index contributed by atoms with van der Waals surface area (Å²) in [7, 11) is 1.97. The molecule has 0 fully saturated rings. The van der Waals surface area contributed by atoms with Gasteiger partial charge in [-0.1, -0.05) is 18.2 Å². The van der Waals surface area contributed by atoms with E-state index >= 15 is 0 Å². The zero-order valence-electron chi connectivity index (χ0n) is 10.4. The molecule has 0 unspecified atom stereocenters. The van der Waals surface area contributed by atoms with E-state index in [4.69, 9.17) is 12.2 Å². The summed E-state index contributed by atoms with van der Waals surface area (Å²) in [5.41, 5.74) is 2.06. The minimum Gasteiger partial charge on any atom is -0.346 e. The van der Waals surface area contributed by atoms with Crippen LogP contribution in [0.5, 0.6) is 0 Å². The van der Waals surface area contributed by atoms with Crippen LogP contribution in [0.2, 0.25) is 0 Å². The lowest BCUT2D eigenvalue weighted by Gasteiger charge is -2.20. The quantitative estimate of drug-likeness (QED) is 0.872. The molecule has 0 aliphatic rings. The predicted molar refractivity (Wildman–Crippen MR) is 81.0 cm³/mol. The summed E-state index contributed by atoms with van der Waals surface area (Å²) in [4.78, 5) is 6.41. The maximum Gasteiger partial charge on any atom is 0.173 e. The van der Waals surface area contributed by atoms with Crippen molar-refractivity contribution in [2.75, 3.05) is 12.4 Å². The average Bonchev–Trinajstić information content (AvgIpc) is 2.76. The molecule has 3 nitrogen and oxygen atoms in total. The third-order valence-electron chi connectivity index (χ3n) is 2.44. The molecule has 94 valence electrons. The summed E-state index contributed by atoms with van der Waals surface area (Å²) >= 11 is 7.02. The molecule has 1 aromatic carbocycles. The monoisotopic (exact) mass is 277 g/mol. The largest absolute Gasteiger partial charge is 0.346 e. The van der Waals surface area contributed by atoms with Crippen molar-refractivity contribution in [1.82, 2.24) is 9.88 Å². The van der Waals surface area contributed by atoms with Crippen LogP contribution in [0.15, 0.2) is 35.7 Å². The van der Waals surface area contributed by atoms with Crippen molar-refractivity contribution >= 4 is 34.4 Å². The predicted octanol–water partition coefficient (Wildman–Crippen LogP) is 3.28. The summed E-state index contributed by atoms with van der Waals surface area (Å²) in [6.07, 6.45) is 0. The SMILES string of the molecule is Cc1nc(CN(C)C(=S)Nc2ccccc2)cs1. The molecule has 1 N–H and O–H groups in total. The molecule has 0 saturated carbocycles. The van der Waals surface area contributed by atoms with Gasteiger partial charge in [-0.05, 0) is 31.3 Å². The Balaban J connectivity index is 1.93. The number of hydrogen-bond acceptors (Lipinski definition) is 3. The van der Waals surface area contributed by atoms with Crippen LogP contribution in [0.4, 0.5) is 5.69 Å².